The number of unbranched alkanes of at least 4 members (excludes halogenated alkanes) is 26. The summed E-state index contributed by atoms with van der Waals surface area (Å²) in [5.74, 6) is -0.957. The van der Waals surface area contributed by atoms with Crippen molar-refractivity contribution >= 4 is 17.9 Å². The average Bonchev–Trinajstić information content (AvgIpc) is 3.35. The fraction of sp³-hybridized carbons (Fsp3) is 0.635. The van der Waals surface area contributed by atoms with Gasteiger partial charge in [-0.15, -0.1) is 0 Å². The Labute approximate surface area is 424 Å². The van der Waals surface area contributed by atoms with Crippen molar-refractivity contribution in [3.8, 4) is 0 Å². The number of carbonyl (C=O) groups excluding carboxylic acids is 3. The molecule has 0 aromatic heterocycles. The van der Waals surface area contributed by atoms with Crippen LogP contribution in [0.5, 0.6) is 0 Å². The van der Waals surface area contributed by atoms with Crippen LogP contribution >= 0.6 is 0 Å². The molecule has 0 rings (SSSR count). The molecule has 0 saturated heterocycles. The molecule has 0 spiro atoms. The van der Waals surface area contributed by atoms with E-state index >= 15 is 0 Å². The Balaban J connectivity index is 4.51. The average molecular weight is 956 g/mol. The number of hydrogen-bond acceptors (Lipinski definition) is 6. The Kier molecular flexibility index (Phi) is 53.0. The summed E-state index contributed by atoms with van der Waals surface area (Å²) in [4.78, 5) is 38.2. The van der Waals surface area contributed by atoms with Crippen LogP contribution in [0, 0.1) is 0 Å². The number of allylic oxidation sites excluding steroid dienone is 20. The summed E-state index contributed by atoms with van der Waals surface area (Å²) in [5, 5.41) is 0. The molecule has 0 aliphatic rings. The summed E-state index contributed by atoms with van der Waals surface area (Å²) < 4.78 is 16.8. The number of esters is 3. The fourth-order valence-electron chi connectivity index (χ4n) is 7.54. The van der Waals surface area contributed by atoms with Crippen molar-refractivity contribution in [1.82, 2.24) is 0 Å². The summed E-state index contributed by atoms with van der Waals surface area (Å²) in [5.41, 5.74) is 0. The first-order valence-electron chi connectivity index (χ1n) is 28.2. The molecule has 0 bridgehead atoms. The molecule has 1 unspecified atom stereocenters. The molecule has 0 amide bonds. The van der Waals surface area contributed by atoms with Crippen LogP contribution in [-0.2, 0) is 28.6 Å². The lowest BCUT2D eigenvalue weighted by Gasteiger charge is -2.18. The van der Waals surface area contributed by atoms with E-state index < -0.39 is 6.10 Å². The second-order valence-electron chi connectivity index (χ2n) is 18.3. The Morgan fingerprint density at radius 1 is 0.304 bits per heavy atom. The SMILES string of the molecule is CC\C=C/C=C\C=C/C=C\C=C\C=C/C=C\CCCCCC(=O)OCC(COC(=O)CCCCCCCCC\C=C/C=C\C=C/CC)OC(=O)CCCCCCCCCCCCCCCCCCC. The van der Waals surface area contributed by atoms with Gasteiger partial charge in [-0.05, 0) is 57.8 Å². The molecule has 0 aliphatic carbocycles. The van der Waals surface area contributed by atoms with E-state index in [1.807, 2.05) is 72.9 Å². The quantitative estimate of drug-likeness (QED) is 0.0262. The summed E-state index contributed by atoms with van der Waals surface area (Å²) >= 11 is 0. The minimum Gasteiger partial charge on any atom is -0.462 e. The number of carbonyl (C=O) groups is 3. The first kappa shape index (κ1) is 64.8. The highest BCUT2D eigenvalue weighted by Gasteiger charge is 2.19. The molecule has 69 heavy (non-hydrogen) atoms. The van der Waals surface area contributed by atoms with Gasteiger partial charge in [-0.25, -0.2) is 0 Å². The lowest BCUT2D eigenvalue weighted by molar-refractivity contribution is -0.167. The molecule has 0 radical (unpaired) electrons. The van der Waals surface area contributed by atoms with Gasteiger partial charge in [0.05, 0.1) is 0 Å². The van der Waals surface area contributed by atoms with Gasteiger partial charge < -0.3 is 14.2 Å². The highest BCUT2D eigenvalue weighted by Crippen LogP contribution is 2.16. The topological polar surface area (TPSA) is 78.9 Å². The van der Waals surface area contributed by atoms with Crippen LogP contribution in [0.25, 0.3) is 0 Å². The molecule has 0 aliphatic heterocycles. The minimum absolute atomic E-state index is 0.101. The smallest absolute Gasteiger partial charge is 0.306 e. The van der Waals surface area contributed by atoms with Crippen LogP contribution < -0.4 is 0 Å². The zero-order chi connectivity index (χ0) is 50.0. The van der Waals surface area contributed by atoms with E-state index in [-0.39, 0.29) is 31.1 Å². The maximum atomic E-state index is 12.9. The van der Waals surface area contributed by atoms with Gasteiger partial charge >= 0.3 is 17.9 Å². The van der Waals surface area contributed by atoms with Gasteiger partial charge in [0.15, 0.2) is 6.10 Å². The molecule has 0 N–H and O–H groups in total. The van der Waals surface area contributed by atoms with Crippen LogP contribution in [0.3, 0.4) is 0 Å². The van der Waals surface area contributed by atoms with Gasteiger partial charge in [0.1, 0.15) is 13.2 Å². The molecule has 0 fully saturated rings. The van der Waals surface area contributed by atoms with E-state index in [0.29, 0.717) is 19.3 Å². The fourth-order valence-corrected chi connectivity index (χ4v) is 7.54. The molecule has 390 valence electrons. The van der Waals surface area contributed by atoms with Crippen molar-refractivity contribution in [2.24, 2.45) is 0 Å². The summed E-state index contributed by atoms with van der Waals surface area (Å²) in [7, 11) is 0. The Morgan fingerprint density at radius 2 is 0.565 bits per heavy atom. The third-order valence-corrected chi connectivity index (χ3v) is 11.7. The van der Waals surface area contributed by atoms with E-state index in [0.717, 1.165) is 83.5 Å². The Bertz CT molecular complexity index is 1470. The predicted molar refractivity (Wildman–Crippen MR) is 297 cm³/mol. The molecule has 0 saturated carbocycles. The molecule has 1 atom stereocenters. The highest BCUT2D eigenvalue weighted by molar-refractivity contribution is 5.71. The lowest BCUT2D eigenvalue weighted by Crippen LogP contribution is -2.30. The molecule has 0 aromatic carbocycles. The van der Waals surface area contributed by atoms with Crippen molar-refractivity contribution in [3.63, 3.8) is 0 Å². The Morgan fingerprint density at radius 3 is 0.899 bits per heavy atom. The van der Waals surface area contributed by atoms with Crippen LogP contribution in [0.1, 0.15) is 239 Å². The van der Waals surface area contributed by atoms with E-state index in [1.165, 1.54) is 116 Å². The number of hydrogen-bond donors (Lipinski definition) is 0. The molecular formula is C63H102O6. The number of ether oxygens (including phenoxy) is 3. The second-order valence-corrected chi connectivity index (χ2v) is 18.3. The summed E-state index contributed by atoms with van der Waals surface area (Å²) in [6.07, 6.45) is 77.5. The maximum absolute atomic E-state index is 12.9. The molecule has 0 aromatic rings. The van der Waals surface area contributed by atoms with Crippen LogP contribution in [-0.4, -0.2) is 37.2 Å². The van der Waals surface area contributed by atoms with Crippen molar-refractivity contribution in [1.29, 1.82) is 0 Å². The molecular weight excluding hydrogens is 853 g/mol. The highest BCUT2D eigenvalue weighted by atomic mass is 16.6. The third-order valence-electron chi connectivity index (χ3n) is 11.7. The van der Waals surface area contributed by atoms with E-state index in [9.17, 15) is 14.4 Å². The van der Waals surface area contributed by atoms with Crippen molar-refractivity contribution in [2.75, 3.05) is 13.2 Å². The van der Waals surface area contributed by atoms with Gasteiger partial charge in [-0.1, -0.05) is 284 Å². The van der Waals surface area contributed by atoms with Gasteiger partial charge in [-0.2, -0.15) is 0 Å². The first-order valence-corrected chi connectivity index (χ1v) is 28.2. The first-order chi connectivity index (χ1) is 34.0. The largest absolute Gasteiger partial charge is 0.462 e. The van der Waals surface area contributed by atoms with Crippen molar-refractivity contribution in [3.05, 3.63) is 122 Å². The van der Waals surface area contributed by atoms with Crippen LogP contribution in [0.2, 0.25) is 0 Å². The number of rotatable bonds is 49. The Hall–Kier alpha value is -4.19. The molecule has 0 heterocycles. The van der Waals surface area contributed by atoms with Crippen LogP contribution in [0.4, 0.5) is 0 Å². The van der Waals surface area contributed by atoms with E-state index in [2.05, 4.69) is 69.4 Å². The third kappa shape index (κ3) is 54.6. The second kappa shape index (κ2) is 56.4. The zero-order valence-corrected chi connectivity index (χ0v) is 44.5. The van der Waals surface area contributed by atoms with Gasteiger partial charge in [0.2, 0.25) is 0 Å². The van der Waals surface area contributed by atoms with Gasteiger partial charge in [0, 0.05) is 19.3 Å². The molecule has 6 nitrogen and oxygen atoms in total. The van der Waals surface area contributed by atoms with Gasteiger partial charge in [-0.3, -0.25) is 14.4 Å². The van der Waals surface area contributed by atoms with E-state index in [1.54, 1.807) is 0 Å². The standard InChI is InChI=1S/C63H102O6/c1-4-7-10-13-16-19-22-25-28-30-31-33-35-38-41-44-47-50-53-56-62(65)68-59-60(58-67-61(64)55-52-49-46-43-40-37-34-27-24-21-18-15-12-9-6-3)69-63(66)57-54-51-48-45-42-39-36-32-29-26-23-20-17-14-11-8-5-2/h7,9-10,12-13,15-16,18-19,21-22,24-25,28,30-31,33,35,38,41,60H,4-6,8,11,14,17,20,23,26-27,29,32,34,36-37,39-40,42-59H2,1-3H3/b10-7-,12-9-,16-13-,18-15-,22-19-,24-21-,28-25-,31-30+,35-33-,41-38-. The monoisotopic (exact) mass is 955 g/mol. The van der Waals surface area contributed by atoms with E-state index in [4.69, 9.17) is 14.2 Å². The normalized spacial score (nSPS) is 13.0. The van der Waals surface area contributed by atoms with Crippen molar-refractivity contribution in [2.45, 2.75) is 245 Å². The maximum Gasteiger partial charge on any atom is 0.306 e. The zero-order valence-electron chi connectivity index (χ0n) is 44.5. The lowest BCUT2D eigenvalue weighted by atomic mass is 10.0. The predicted octanol–water partition coefficient (Wildman–Crippen LogP) is 18.9. The summed E-state index contributed by atoms with van der Waals surface area (Å²) in [6, 6.07) is 0. The minimum atomic E-state index is -0.804. The summed E-state index contributed by atoms with van der Waals surface area (Å²) in [6.45, 7) is 6.32. The van der Waals surface area contributed by atoms with Crippen LogP contribution in [0.15, 0.2) is 122 Å². The molecule has 6 heteroatoms. The van der Waals surface area contributed by atoms with Gasteiger partial charge in [0.25, 0.3) is 0 Å². The van der Waals surface area contributed by atoms with Crippen molar-refractivity contribution < 1.29 is 28.6 Å².